The van der Waals surface area contributed by atoms with Crippen LogP contribution in [0, 0.1) is 6.92 Å². The summed E-state index contributed by atoms with van der Waals surface area (Å²) in [7, 11) is 0. The van der Waals surface area contributed by atoms with Crippen LogP contribution in [0.15, 0.2) is 18.2 Å². The zero-order valence-corrected chi connectivity index (χ0v) is 12.7. The summed E-state index contributed by atoms with van der Waals surface area (Å²) < 4.78 is 10.2. The Morgan fingerprint density at radius 1 is 1.19 bits per heavy atom. The van der Waals surface area contributed by atoms with Gasteiger partial charge in [-0.25, -0.2) is 9.59 Å². The summed E-state index contributed by atoms with van der Waals surface area (Å²) in [5, 5.41) is 3.04. The Hall–Kier alpha value is -1.88. The average molecular weight is 291 g/mol. The fourth-order valence-corrected chi connectivity index (χ4v) is 2.64. The van der Waals surface area contributed by atoms with Crippen LogP contribution in [0.2, 0.25) is 0 Å². The number of hydrogen-bond acceptors (Lipinski definition) is 5. The first-order chi connectivity index (χ1) is 10.0. The van der Waals surface area contributed by atoms with Crippen LogP contribution in [0.25, 0.3) is 0 Å². The van der Waals surface area contributed by atoms with Gasteiger partial charge in [-0.15, -0.1) is 0 Å². The van der Waals surface area contributed by atoms with Crippen LogP contribution >= 0.6 is 0 Å². The summed E-state index contributed by atoms with van der Waals surface area (Å²) in [5.74, 6) is -1.14. The monoisotopic (exact) mass is 291 g/mol. The van der Waals surface area contributed by atoms with E-state index in [0.29, 0.717) is 6.54 Å². The van der Waals surface area contributed by atoms with E-state index in [2.05, 4.69) is 5.32 Å². The normalized spacial score (nSPS) is 16.0. The molecule has 5 heteroatoms. The summed E-state index contributed by atoms with van der Waals surface area (Å²) in [6, 6.07) is 5.94. The molecule has 1 aliphatic rings. The Labute approximate surface area is 124 Å². The number of fused-ring (bicyclic) bond motifs is 1. The highest BCUT2D eigenvalue weighted by molar-refractivity contribution is 6.05. The highest BCUT2D eigenvalue weighted by atomic mass is 16.6. The molecule has 0 bridgehead atoms. The number of carbonyl (C=O) groups excluding carboxylic acids is 2. The number of hydrogen-bond donors (Lipinski definition) is 1. The second kappa shape index (κ2) is 6.26. The van der Waals surface area contributed by atoms with Crippen molar-refractivity contribution in [2.75, 3.05) is 13.2 Å². The summed E-state index contributed by atoms with van der Waals surface area (Å²) >= 11 is 0. The van der Waals surface area contributed by atoms with Crippen LogP contribution < -0.4 is 5.32 Å². The van der Waals surface area contributed by atoms with Crippen LogP contribution in [0.4, 0.5) is 0 Å². The Balaban J connectivity index is 2.41. The SMILES string of the molecule is CCOC(=O)C1(C(=O)OCC)Cc2c(C)cccc2CN1. The summed E-state index contributed by atoms with van der Waals surface area (Å²) in [4.78, 5) is 24.7. The van der Waals surface area contributed by atoms with Gasteiger partial charge in [0.15, 0.2) is 0 Å². The van der Waals surface area contributed by atoms with E-state index in [1.807, 2.05) is 25.1 Å². The lowest BCUT2D eigenvalue weighted by Crippen LogP contribution is -2.62. The number of benzene rings is 1. The number of ether oxygens (including phenoxy) is 2. The Kier molecular flexibility index (Phi) is 4.63. The first kappa shape index (κ1) is 15.5. The molecule has 1 aliphatic heterocycles. The minimum Gasteiger partial charge on any atom is -0.464 e. The quantitative estimate of drug-likeness (QED) is 0.673. The molecule has 0 fully saturated rings. The van der Waals surface area contributed by atoms with Crippen LogP contribution in [0.1, 0.15) is 30.5 Å². The van der Waals surface area contributed by atoms with Crippen molar-refractivity contribution >= 4 is 11.9 Å². The van der Waals surface area contributed by atoms with Crippen LogP contribution in [0.3, 0.4) is 0 Å². The molecule has 5 nitrogen and oxygen atoms in total. The van der Waals surface area contributed by atoms with Crippen molar-refractivity contribution in [1.82, 2.24) is 5.32 Å². The fraction of sp³-hybridized carbons (Fsp3) is 0.500. The average Bonchev–Trinajstić information content (AvgIpc) is 2.48. The zero-order valence-electron chi connectivity index (χ0n) is 12.7. The molecule has 0 saturated carbocycles. The highest BCUT2D eigenvalue weighted by Crippen LogP contribution is 2.28. The molecular weight excluding hydrogens is 270 g/mol. The van der Waals surface area contributed by atoms with Gasteiger partial charge in [-0.3, -0.25) is 5.32 Å². The van der Waals surface area contributed by atoms with Crippen LogP contribution in [-0.2, 0) is 32.0 Å². The number of aryl methyl sites for hydroxylation is 1. The molecule has 1 aromatic carbocycles. The van der Waals surface area contributed by atoms with Crippen molar-refractivity contribution < 1.29 is 19.1 Å². The van der Waals surface area contributed by atoms with Gasteiger partial charge in [0.25, 0.3) is 0 Å². The van der Waals surface area contributed by atoms with Gasteiger partial charge in [0.2, 0.25) is 5.54 Å². The first-order valence-electron chi connectivity index (χ1n) is 7.22. The Morgan fingerprint density at radius 3 is 2.38 bits per heavy atom. The smallest absolute Gasteiger partial charge is 0.338 e. The number of carbonyl (C=O) groups is 2. The summed E-state index contributed by atoms with van der Waals surface area (Å²) in [5.41, 5.74) is 1.73. The maximum atomic E-state index is 12.4. The molecule has 0 aromatic heterocycles. The van der Waals surface area contributed by atoms with Gasteiger partial charge in [0.1, 0.15) is 0 Å². The van der Waals surface area contributed by atoms with Crippen molar-refractivity contribution in [3.8, 4) is 0 Å². The predicted octanol–water partition coefficient (Wildman–Crippen LogP) is 1.51. The molecule has 114 valence electrons. The van der Waals surface area contributed by atoms with Crippen molar-refractivity contribution in [2.45, 2.75) is 39.3 Å². The topological polar surface area (TPSA) is 64.6 Å². The Bertz CT molecular complexity index is 535. The Morgan fingerprint density at radius 2 is 1.81 bits per heavy atom. The molecule has 1 heterocycles. The molecule has 0 radical (unpaired) electrons. The van der Waals surface area contributed by atoms with Crippen molar-refractivity contribution in [3.63, 3.8) is 0 Å². The second-order valence-corrected chi connectivity index (χ2v) is 5.09. The summed E-state index contributed by atoms with van der Waals surface area (Å²) in [6.45, 7) is 6.31. The van der Waals surface area contributed by atoms with E-state index in [0.717, 1.165) is 16.7 Å². The number of esters is 2. The van der Waals surface area contributed by atoms with E-state index < -0.39 is 17.5 Å². The van der Waals surface area contributed by atoms with Crippen LogP contribution in [0.5, 0.6) is 0 Å². The zero-order chi connectivity index (χ0) is 15.5. The lowest BCUT2D eigenvalue weighted by Gasteiger charge is -2.35. The first-order valence-corrected chi connectivity index (χ1v) is 7.22. The molecule has 1 aromatic rings. The maximum absolute atomic E-state index is 12.4. The van der Waals surface area contributed by atoms with Crippen molar-refractivity contribution in [1.29, 1.82) is 0 Å². The largest absolute Gasteiger partial charge is 0.464 e. The maximum Gasteiger partial charge on any atom is 0.338 e. The molecule has 0 amide bonds. The van der Waals surface area contributed by atoms with Gasteiger partial charge < -0.3 is 9.47 Å². The third kappa shape index (κ3) is 2.78. The predicted molar refractivity (Wildman–Crippen MR) is 77.7 cm³/mol. The molecular formula is C16H21NO4. The van der Waals surface area contributed by atoms with Crippen LogP contribution in [-0.4, -0.2) is 30.7 Å². The van der Waals surface area contributed by atoms with Crippen molar-refractivity contribution in [3.05, 3.63) is 34.9 Å². The molecule has 0 atom stereocenters. The van der Waals surface area contributed by atoms with Gasteiger partial charge in [-0.1, -0.05) is 18.2 Å². The minimum atomic E-state index is -1.44. The van der Waals surface area contributed by atoms with Gasteiger partial charge >= 0.3 is 11.9 Å². The number of nitrogens with one attached hydrogen (secondary N) is 1. The third-order valence-electron chi connectivity index (χ3n) is 3.78. The molecule has 21 heavy (non-hydrogen) atoms. The third-order valence-corrected chi connectivity index (χ3v) is 3.78. The highest BCUT2D eigenvalue weighted by Gasteiger charge is 2.51. The van der Waals surface area contributed by atoms with E-state index in [9.17, 15) is 9.59 Å². The molecule has 2 rings (SSSR count). The second-order valence-electron chi connectivity index (χ2n) is 5.09. The van der Waals surface area contributed by atoms with E-state index in [-0.39, 0.29) is 19.6 Å². The van der Waals surface area contributed by atoms with E-state index in [4.69, 9.17) is 9.47 Å². The molecule has 0 saturated heterocycles. The van der Waals surface area contributed by atoms with Gasteiger partial charge in [-0.05, 0) is 37.5 Å². The van der Waals surface area contributed by atoms with Gasteiger partial charge in [0, 0.05) is 13.0 Å². The van der Waals surface area contributed by atoms with Gasteiger partial charge in [-0.2, -0.15) is 0 Å². The molecule has 0 aliphatic carbocycles. The lowest BCUT2D eigenvalue weighted by atomic mass is 9.82. The van der Waals surface area contributed by atoms with E-state index in [1.165, 1.54) is 0 Å². The summed E-state index contributed by atoms with van der Waals surface area (Å²) in [6.07, 6.45) is 0.257. The van der Waals surface area contributed by atoms with E-state index in [1.54, 1.807) is 13.8 Å². The molecule has 0 unspecified atom stereocenters. The van der Waals surface area contributed by atoms with Gasteiger partial charge in [0.05, 0.1) is 13.2 Å². The molecule has 0 spiro atoms. The van der Waals surface area contributed by atoms with E-state index >= 15 is 0 Å². The number of rotatable bonds is 4. The minimum absolute atomic E-state index is 0.225. The fourth-order valence-electron chi connectivity index (χ4n) is 2.64. The molecule has 1 N–H and O–H groups in total. The standard InChI is InChI=1S/C16H21NO4/c1-4-20-14(18)16(15(19)21-5-2)9-13-11(3)7-6-8-12(13)10-17-16/h6-8,17H,4-5,9-10H2,1-3H3. The van der Waals surface area contributed by atoms with Crippen molar-refractivity contribution in [2.24, 2.45) is 0 Å². The lowest BCUT2D eigenvalue weighted by molar-refractivity contribution is -0.166.